The summed E-state index contributed by atoms with van der Waals surface area (Å²) in [5.74, 6) is 2.94. The van der Waals surface area contributed by atoms with E-state index >= 15 is 0 Å². The molecule has 0 aliphatic rings. The first kappa shape index (κ1) is 18.9. The van der Waals surface area contributed by atoms with Crippen molar-refractivity contribution in [2.75, 3.05) is 12.3 Å². The van der Waals surface area contributed by atoms with Gasteiger partial charge in [0.25, 0.3) is 0 Å². The minimum absolute atomic E-state index is 0.0213. The number of carbonyl (C=O) groups is 1. The zero-order chi connectivity index (χ0) is 17.2. The van der Waals surface area contributed by atoms with Gasteiger partial charge in [-0.05, 0) is 25.0 Å². The molecule has 0 fully saturated rings. The average Bonchev–Trinajstić information content (AvgIpc) is 2.60. The van der Waals surface area contributed by atoms with Crippen LogP contribution in [0.15, 0.2) is 54.6 Å². The molecule has 0 aliphatic heterocycles. The summed E-state index contributed by atoms with van der Waals surface area (Å²) in [7, 11) is 0. The van der Waals surface area contributed by atoms with Crippen molar-refractivity contribution in [3.63, 3.8) is 0 Å². The van der Waals surface area contributed by atoms with Gasteiger partial charge < -0.3 is 5.32 Å². The van der Waals surface area contributed by atoms with Crippen molar-refractivity contribution in [3.8, 4) is 0 Å². The van der Waals surface area contributed by atoms with Crippen LogP contribution in [0.3, 0.4) is 0 Å². The zero-order valence-corrected chi connectivity index (χ0v) is 16.0. The molecule has 1 amide bonds. The van der Waals surface area contributed by atoms with Crippen LogP contribution in [0, 0.1) is 6.92 Å². The molecule has 0 radical (unpaired) electrons. The van der Waals surface area contributed by atoms with E-state index in [4.69, 9.17) is 0 Å². The Morgan fingerprint density at radius 3 is 2.54 bits per heavy atom. The number of hydrogen-bond donors (Lipinski definition) is 1. The third-order valence-corrected chi connectivity index (χ3v) is 5.85. The molecule has 1 atom stereocenters. The fraction of sp³-hybridized carbons (Fsp3) is 0.350. The topological polar surface area (TPSA) is 29.1 Å². The Bertz CT molecular complexity index is 631. The van der Waals surface area contributed by atoms with Gasteiger partial charge in [-0.2, -0.15) is 11.8 Å². The predicted octanol–water partition coefficient (Wildman–Crippen LogP) is 4.67. The van der Waals surface area contributed by atoms with Crippen LogP contribution in [0.5, 0.6) is 0 Å². The van der Waals surface area contributed by atoms with Crippen molar-refractivity contribution < 1.29 is 4.79 Å². The van der Waals surface area contributed by atoms with Gasteiger partial charge >= 0.3 is 0 Å². The number of aryl methyl sites for hydroxylation is 1. The maximum Gasteiger partial charge on any atom is 0.232 e. The van der Waals surface area contributed by atoms with Gasteiger partial charge in [0.15, 0.2) is 0 Å². The summed E-state index contributed by atoms with van der Waals surface area (Å²) in [5, 5.41) is 3.01. The second kappa shape index (κ2) is 10.5. The molecule has 2 rings (SSSR count). The summed E-state index contributed by atoms with van der Waals surface area (Å²) in [6, 6.07) is 18.9. The molecule has 0 saturated carbocycles. The molecule has 0 saturated heterocycles. The Morgan fingerprint density at radius 1 is 1.04 bits per heavy atom. The van der Waals surface area contributed by atoms with Crippen LogP contribution in [0.1, 0.15) is 23.6 Å². The van der Waals surface area contributed by atoms with Crippen LogP contribution >= 0.6 is 23.5 Å². The summed E-state index contributed by atoms with van der Waals surface area (Å²) >= 11 is 3.54. The first-order valence-corrected chi connectivity index (χ1v) is 10.4. The van der Waals surface area contributed by atoms with E-state index in [1.807, 2.05) is 36.9 Å². The maximum atomic E-state index is 12.1. The summed E-state index contributed by atoms with van der Waals surface area (Å²) in [4.78, 5) is 12.1. The van der Waals surface area contributed by atoms with Gasteiger partial charge in [0.1, 0.15) is 0 Å². The van der Waals surface area contributed by atoms with Crippen LogP contribution in [0.4, 0.5) is 0 Å². The van der Waals surface area contributed by atoms with E-state index in [1.165, 1.54) is 16.7 Å². The van der Waals surface area contributed by atoms with Crippen molar-refractivity contribution in [2.45, 2.75) is 30.6 Å². The average molecular weight is 360 g/mol. The molecule has 0 spiro atoms. The number of rotatable bonds is 9. The first-order chi connectivity index (χ1) is 11.6. The third kappa shape index (κ3) is 7.02. The lowest BCUT2D eigenvalue weighted by Gasteiger charge is -2.12. The number of benzene rings is 2. The lowest BCUT2D eigenvalue weighted by atomic mass is 10.2. The molecule has 24 heavy (non-hydrogen) atoms. The van der Waals surface area contributed by atoms with Crippen LogP contribution in [-0.4, -0.2) is 23.5 Å². The van der Waals surface area contributed by atoms with E-state index in [0.29, 0.717) is 0 Å². The van der Waals surface area contributed by atoms with Gasteiger partial charge in [0.05, 0.1) is 5.25 Å². The molecule has 2 aromatic carbocycles. The summed E-state index contributed by atoms with van der Waals surface area (Å²) in [5.41, 5.74) is 3.90. The number of nitrogens with one attached hydrogen (secondary N) is 1. The monoisotopic (exact) mass is 359 g/mol. The Hall–Kier alpha value is -1.39. The summed E-state index contributed by atoms with van der Waals surface area (Å²) < 4.78 is 0. The highest BCUT2D eigenvalue weighted by atomic mass is 32.2. The van der Waals surface area contributed by atoms with Crippen LogP contribution in [-0.2, 0) is 16.3 Å². The standard InChI is InChI=1S/C20H25NOS2/c1-16-7-6-10-19(13-16)14-23-12-11-21-20(22)17(2)24-15-18-8-4-3-5-9-18/h3-10,13,17H,11-12,14-15H2,1-2H3,(H,21,22)/t17-/m1/s1. The quantitative estimate of drug-likeness (QED) is 0.660. The highest BCUT2D eigenvalue weighted by Crippen LogP contribution is 2.17. The van der Waals surface area contributed by atoms with Crippen LogP contribution < -0.4 is 5.32 Å². The molecule has 2 nitrogen and oxygen atoms in total. The Morgan fingerprint density at radius 2 is 1.79 bits per heavy atom. The molecule has 2 aromatic rings. The molecule has 0 aromatic heterocycles. The molecular formula is C20H25NOS2. The third-order valence-electron chi connectivity index (χ3n) is 3.61. The Labute approximate surface area is 153 Å². The molecular weight excluding hydrogens is 334 g/mol. The molecule has 0 unspecified atom stereocenters. The molecule has 0 aliphatic carbocycles. The second-order valence-electron chi connectivity index (χ2n) is 5.77. The van der Waals surface area contributed by atoms with E-state index in [1.54, 1.807) is 11.8 Å². The molecule has 0 heterocycles. The van der Waals surface area contributed by atoms with Crippen molar-refractivity contribution in [1.29, 1.82) is 0 Å². The Balaban J connectivity index is 1.58. The summed E-state index contributed by atoms with van der Waals surface area (Å²) in [6.45, 7) is 4.82. The zero-order valence-electron chi connectivity index (χ0n) is 14.3. The first-order valence-electron chi connectivity index (χ1n) is 8.21. The predicted molar refractivity (Wildman–Crippen MR) is 108 cm³/mol. The number of carbonyl (C=O) groups excluding carboxylic acids is 1. The highest BCUT2D eigenvalue weighted by molar-refractivity contribution is 7.99. The van der Waals surface area contributed by atoms with E-state index in [-0.39, 0.29) is 11.2 Å². The number of thioether (sulfide) groups is 2. The SMILES string of the molecule is Cc1cccc(CSCCNC(=O)[C@@H](C)SCc2ccccc2)c1. The minimum atomic E-state index is -0.0213. The largest absolute Gasteiger partial charge is 0.354 e. The van der Waals surface area contributed by atoms with Gasteiger partial charge in [0, 0.05) is 23.8 Å². The fourth-order valence-corrected chi connectivity index (χ4v) is 3.93. The normalized spacial score (nSPS) is 11.9. The molecule has 4 heteroatoms. The summed E-state index contributed by atoms with van der Waals surface area (Å²) in [6.07, 6.45) is 0. The molecule has 1 N–H and O–H groups in total. The van der Waals surface area contributed by atoms with Gasteiger partial charge in [-0.25, -0.2) is 0 Å². The Kier molecular flexibility index (Phi) is 8.26. The fourth-order valence-electron chi connectivity index (χ4n) is 2.25. The van der Waals surface area contributed by atoms with Crippen molar-refractivity contribution >= 4 is 29.4 Å². The van der Waals surface area contributed by atoms with Gasteiger partial charge in [-0.3, -0.25) is 4.79 Å². The highest BCUT2D eigenvalue weighted by Gasteiger charge is 2.12. The van der Waals surface area contributed by atoms with Crippen LogP contribution in [0.2, 0.25) is 0 Å². The van der Waals surface area contributed by atoms with Gasteiger partial charge in [-0.15, -0.1) is 11.8 Å². The second-order valence-corrected chi connectivity index (χ2v) is 8.21. The lowest BCUT2D eigenvalue weighted by molar-refractivity contribution is -0.120. The maximum absolute atomic E-state index is 12.1. The van der Waals surface area contributed by atoms with E-state index in [0.717, 1.165) is 23.8 Å². The van der Waals surface area contributed by atoms with Crippen molar-refractivity contribution in [3.05, 3.63) is 71.3 Å². The minimum Gasteiger partial charge on any atom is -0.354 e. The van der Waals surface area contributed by atoms with E-state index in [2.05, 4.69) is 48.6 Å². The van der Waals surface area contributed by atoms with E-state index < -0.39 is 0 Å². The van der Waals surface area contributed by atoms with E-state index in [9.17, 15) is 4.79 Å². The van der Waals surface area contributed by atoms with Crippen molar-refractivity contribution in [2.24, 2.45) is 0 Å². The molecule has 0 bridgehead atoms. The van der Waals surface area contributed by atoms with Crippen LogP contribution in [0.25, 0.3) is 0 Å². The number of hydrogen-bond acceptors (Lipinski definition) is 3. The molecule has 128 valence electrons. The lowest BCUT2D eigenvalue weighted by Crippen LogP contribution is -2.32. The van der Waals surface area contributed by atoms with Gasteiger partial charge in [0.2, 0.25) is 5.91 Å². The number of amides is 1. The smallest absolute Gasteiger partial charge is 0.232 e. The van der Waals surface area contributed by atoms with Crippen molar-refractivity contribution in [1.82, 2.24) is 5.32 Å². The van der Waals surface area contributed by atoms with Gasteiger partial charge in [-0.1, -0.05) is 60.2 Å².